The standard InChI is InChI=1S/C23H31N3O4S/c27-20(30-15-7-10-17-8-3-1-4-9-17)16-19-22(29)24-13-14-26(19)23(31)25-21(28)18-11-5-2-6-12-18/h1,3-4,8-9,18-19H,2,5-7,10-16H2,(H,24,29)(H,25,28,31). The number of amides is 2. The van der Waals surface area contributed by atoms with E-state index in [4.69, 9.17) is 17.0 Å². The predicted octanol–water partition coefficient (Wildman–Crippen LogP) is 2.33. The molecular weight excluding hydrogens is 414 g/mol. The van der Waals surface area contributed by atoms with Gasteiger partial charge in [0.1, 0.15) is 6.04 Å². The van der Waals surface area contributed by atoms with Crippen molar-refractivity contribution < 1.29 is 19.1 Å². The van der Waals surface area contributed by atoms with Gasteiger partial charge in [0.2, 0.25) is 11.8 Å². The molecule has 1 heterocycles. The van der Waals surface area contributed by atoms with Crippen molar-refractivity contribution in [1.29, 1.82) is 0 Å². The van der Waals surface area contributed by atoms with E-state index in [-0.39, 0.29) is 29.3 Å². The monoisotopic (exact) mass is 445 g/mol. The first-order valence-corrected chi connectivity index (χ1v) is 11.5. The van der Waals surface area contributed by atoms with Crippen molar-refractivity contribution in [2.24, 2.45) is 5.92 Å². The summed E-state index contributed by atoms with van der Waals surface area (Å²) in [5, 5.41) is 5.78. The first-order chi connectivity index (χ1) is 15.0. The Hall–Kier alpha value is -2.48. The molecule has 7 nitrogen and oxygen atoms in total. The topological polar surface area (TPSA) is 87.7 Å². The van der Waals surface area contributed by atoms with Gasteiger partial charge in [-0.1, -0.05) is 49.6 Å². The van der Waals surface area contributed by atoms with Crippen LogP contribution in [0.3, 0.4) is 0 Å². The lowest BCUT2D eigenvalue weighted by Gasteiger charge is -2.36. The Labute approximate surface area is 188 Å². The zero-order chi connectivity index (χ0) is 22.1. The number of ether oxygens (including phenoxy) is 1. The molecule has 1 aromatic rings. The van der Waals surface area contributed by atoms with Gasteiger partial charge < -0.3 is 20.3 Å². The summed E-state index contributed by atoms with van der Waals surface area (Å²) in [6.45, 7) is 1.16. The lowest BCUT2D eigenvalue weighted by Crippen LogP contribution is -2.60. The van der Waals surface area contributed by atoms with E-state index in [1.54, 1.807) is 4.90 Å². The molecule has 2 N–H and O–H groups in total. The average molecular weight is 446 g/mol. The highest BCUT2D eigenvalue weighted by atomic mass is 32.1. The molecule has 0 bridgehead atoms. The van der Waals surface area contributed by atoms with Crippen LogP contribution in [-0.4, -0.2) is 53.5 Å². The second-order valence-corrected chi connectivity index (χ2v) is 8.53. The molecular formula is C23H31N3O4S. The molecule has 1 aliphatic heterocycles. The SMILES string of the molecule is O=C(CC1C(=O)NCCN1C(=S)NC(=O)C1CCCCC1)OCCCc1ccccc1. The first-order valence-electron chi connectivity index (χ1n) is 11.1. The number of carbonyl (C=O) groups is 3. The molecule has 2 fully saturated rings. The largest absolute Gasteiger partial charge is 0.466 e. The molecule has 1 saturated carbocycles. The quantitative estimate of drug-likeness (QED) is 0.381. The van der Waals surface area contributed by atoms with Crippen LogP contribution < -0.4 is 10.6 Å². The van der Waals surface area contributed by atoms with Crippen molar-refractivity contribution in [2.45, 2.75) is 57.4 Å². The maximum Gasteiger partial charge on any atom is 0.308 e. The third kappa shape index (κ3) is 7.02. The normalized spacial score (nSPS) is 19.4. The Morgan fingerprint density at radius 2 is 1.90 bits per heavy atom. The van der Waals surface area contributed by atoms with Gasteiger partial charge in [-0.2, -0.15) is 0 Å². The minimum Gasteiger partial charge on any atom is -0.466 e. The fraction of sp³-hybridized carbons (Fsp3) is 0.565. The van der Waals surface area contributed by atoms with Crippen LogP contribution >= 0.6 is 12.2 Å². The zero-order valence-electron chi connectivity index (χ0n) is 17.8. The van der Waals surface area contributed by atoms with Crippen molar-refractivity contribution in [3.8, 4) is 0 Å². The molecule has 0 radical (unpaired) electrons. The molecule has 0 spiro atoms. The van der Waals surface area contributed by atoms with Crippen LogP contribution in [0.25, 0.3) is 0 Å². The number of thiocarbonyl (C=S) groups is 1. The van der Waals surface area contributed by atoms with E-state index in [9.17, 15) is 14.4 Å². The second kappa shape index (κ2) is 11.8. The zero-order valence-corrected chi connectivity index (χ0v) is 18.6. The summed E-state index contributed by atoms with van der Waals surface area (Å²) in [5.74, 6) is -0.834. The third-order valence-corrected chi connectivity index (χ3v) is 6.21. The Kier molecular flexibility index (Phi) is 8.82. The number of nitrogens with one attached hydrogen (secondary N) is 2. The molecule has 1 unspecified atom stereocenters. The molecule has 1 aromatic carbocycles. The summed E-state index contributed by atoms with van der Waals surface area (Å²) >= 11 is 5.42. The summed E-state index contributed by atoms with van der Waals surface area (Å²) in [5.41, 5.74) is 1.19. The van der Waals surface area contributed by atoms with Crippen molar-refractivity contribution in [1.82, 2.24) is 15.5 Å². The second-order valence-electron chi connectivity index (χ2n) is 8.14. The maximum absolute atomic E-state index is 12.5. The molecule has 2 amide bonds. The first kappa shape index (κ1) is 23.2. The number of aryl methyl sites for hydroxylation is 1. The summed E-state index contributed by atoms with van der Waals surface area (Å²) in [6.07, 6.45) is 6.44. The number of hydrogen-bond acceptors (Lipinski definition) is 5. The Morgan fingerprint density at radius 3 is 2.65 bits per heavy atom. The Morgan fingerprint density at radius 1 is 1.16 bits per heavy atom. The minimum atomic E-state index is -0.769. The molecule has 2 aliphatic rings. The van der Waals surface area contributed by atoms with Gasteiger partial charge in [0, 0.05) is 19.0 Å². The molecule has 1 aliphatic carbocycles. The summed E-state index contributed by atoms with van der Waals surface area (Å²) < 4.78 is 5.34. The molecule has 31 heavy (non-hydrogen) atoms. The van der Waals surface area contributed by atoms with Crippen molar-refractivity contribution in [3.63, 3.8) is 0 Å². The van der Waals surface area contributed by atoms with Gasteiger partial charge in [0.15, 0.2) is 5.11 Å². The van der Waals surface area contributed by atoms with E-state index in [1.165, 1.54) is 5.56 Å². The number of rotatable bonds is 7. The van der Waals surface area contributed by atoms with Crippen LogP contribution in [0.5, 0.6) is 0 Å². The number of hydrogen-bond donors (Lipinski definition) is 2. The van der Waals surface area contributed by atoms with Crippen LogP contribution in [0.4, 0.5) is 0 Å². The van der Waals surface area contributed by atoms with Gasteiger partial charge in [0.05, 0.1) is 13.0 Å². The highest BCUT2D eigenvalue weighted by Crippen LogP contribution is 2.23. The molecule has 0 aromatic heterocycles. The molecule has 3 rings (SSSR count). The van der Waals surface area contributed by atoms with Crippen LogP contribution in [0.15, 0.2) is 30.3 Å². The van der Waals surface area contributed by atoms with Crippen LogP contribution in [0.1, 0.15) is 50.5 Å². The third-order valence-electron chi connectivity index (χ3n) is 5.87. The number of benzene rings is 1. The van der Waals surface area contributed by atoms with Crippen LogP contribution in [-0.2, 0) is 25.5 Å². The fourth-order valence-electron chi connectivity index (χ4n) is 4.13. The van der Waals surface area contributed by atoms with E-state index in [0.717, 1.165) is 38.5 Å². The van der Waals surface area contributed by atoms with E-state index < -0.39 is 12.0 Å². The van der Waals surface area contributed by atoms with Crippen molar-refractivity contribution >= 4 is 35.1 Å². The summed E-state index contributed by atoms with van der Waals surface area (Å²) in [6, 6.07) is 9.23. The molecule has 168 valence electrons. The molecule has 1 atom stereocenters. The van der Waals surface area contributed by atoms with Gasteiger partial charge in [0.25, 0.3) is 0 Å². The van der Waals surface area contributed by atoms with E-state index in [2.05, 4.69) is 10.6 Å². The highest BCUT2D eigenvalue weighted by Gasteiger charge is 2.34. The summed E-state index contributed by atoms with van der Waals surface area (Å²) in [7, 11) is 0. The number of nitrogens with zero attached hydrogens (tertiary/aromatic N) is 1. The summed E-state index contributed by atoms with van der Waals surface area (Å²) in [4.78, 5) is 38.9. The van der Waals surface area contributed by atoms with Crippen LogP contribution in [0, 0.1) is 5.92 Å². The average Bonchev–Trinajstić information content (AvgIpc) is 2.79. The highest BCUT2D eigenvalue weighted by molar-refractivity contribution is 7.80. The maximum atomic E-state index is 12.5. The smallest absolute Gasteiger partial charge is 0.308 e. The molecule has 1 saturated heterocycles. The Balaban J connectivity index is 1.47. The van der Waals surface area contributed by atoms with Gasteiger partial charge in [-0.05, 0) is 43.5 Å². The Bertz CT molecular complexity index is 780. The van der Waals surface area contributed by atoms with Gasteiger partial charge in [-0.3, -0.25) is 14.4 Å². The van der Waals surface area contributed by atoms with E-state index in [0.29, 0.717) is 26.1 Å². The number of carbonyl (C=O) groups excluding carboxylic acids is 3. The number of piperazine rings is 1. The van der Waals surface area contributed by atoms with Crippen molar-refractivity contribution in [2.75, 3.05) is 19.7 Å². The van der Waals surface area contributed by atoms with Crippen LogP contribution in [0.2, 0.25) is 0 Å². The number of esters is 1. The molecule has 8 heteroatoms. The fourth-order valence-corrected chi connectivity index (χ4v) is 4.45. The van der Waals surface area contributed by atoms with E-state index in [1.807, 2.05) is 30.3 Å². The van der Waals surface area contributed by atoms with Gasteiger partial charge in [-0.25, -0.2) is 0 Å². The lowest BCUT2D eigenvalue weighted by atomic mass is 9.89. The van der Waals surface area contributed by atoms with Gasteiger partial charge >= 0.3 is 5.97 Å². The van der Waals surface area contributed by atoms with Crippen molar-refractivity contribution in [3.05, 3.63) is 35.9 Å². The predicted molar refractivity (Wildman–Crippen MR) is 121 cm³/mol. The minimum absolute atomic E-state index is 0.0293. The van der Waals surface area contributed by atoms with Gasteiger partial charge in [-0.15, -0.1) is 0 Å². The lowest BCUT2D eigenvalue weighted by molar-refractivity contribution is -0.147. The van der Waals surface area contributed by atoms with E-state index >= 15 is 0 Å².